The van der Waals surface area contributed by atoms with Crippen LogP contribution in [-0.4, -0.2) is 45.0 Å². The molecule has 1 aromatic carbocycles. The quantitative estimate of drug-likeness (QED) is 0.626. The predicted octanol–water partition coefficient (Wildman–Crippen LogP) is 3.39. The third-order valence-electron chi connectivity index (χ3n) is 6.26. The Bertz CT molecular complexity index is 1180. The van der Waals surface area contributed by atoms with E-state index < -0.39 is 0 Å². The number of amides is 1. The first-order valence-corrected chi connectivity index (χ1v) is 11.9. The molecule has 2 aliphatic rings. The monoisotopic (exact) mass is 437 g/mol. The van der Waals surface area contributed by atoms with Crippen LogP contribution in [0, 0.1) is 0 Å². The van der Waals surface area contributed by atoms with Gasteiger partial charge in [0, 0.05) is 24.8 Å². The van der Waals surface area contributed by atoms with E-state index in [9.17, 15) is 9.59 Å². The largest absolute Gasteiger partial charge is 0.362 e. The van der Waals surface area contributed by atoms with E-state index in [-0.39, 0.29) is 23.4 Å². The fraction of sp³-hybridized carbons (Fsp3) is 0.478. The zero-order chi connectivity index (χ0) is 21.5. The Kier molecular flexibility index (Phi) is 5.25. The predicted molar refractivity (Wildman–Crippen MR) is 122 cm³/mol. The summed E-state index contributed by atoms with van der Waals surface area (Å²) in [7, 11) is 0. The molecule has 4 heterocycles. The molecule has 0 unspecified atom stereocenters. The number of benzene rings is 1. The van der Waals surface area contributed by atoms with Gasteiger partial charge in [-0.25, -0.2) is 4.98 Å². The van der Waals surface area contributed by atoms with Crippen LogP contribution < -0.4 is 10.5 Å². The molecule has 1 fully saturated rings. The molecule has 2 aromatic heterocycles. The van der Waals surface area contributed by atoms with Gasteiger partial charge in [-0.1, -0.05) is 43.4 Å². The Morgan fingerprint density at radius 1 is 1.23 bits per heavy atom. The summed E-state index contributed by atoms with van der Waals surface area (Å²) in [5.41, 5.74) is 3.12. The number of hydrogen-bond donors (Lipinski definition) is 0. The number of aromatic nitrogens is 3. The minimum Gasteiger partial charge on any atom is -0.362 e. The molecule has 0 aliphatic carbocycles. The maximum Gasteiger partial charge on any atom is 0.275 e. The molecular weight excluding hydrogens is 410 g/mol. The number of aryl methyl sites for hydroxylation is 1. The van der Waals surface area contributed by atoms with Gasteiger partial charge in [0.15, 0.2) is 0 Å². The average Bonchev–Trinajstić information content (AvgIpc) is 3.41. The Morgan fingerprint density at radius 3 is 2.90 bits per heavy atom. The SMILES string of the molecule is CC(C)c1cc(=O)n2nc([C@H]3CCCN3C(=O)CN3CCCc4ccccc43)sc2n1. The second-order valence-corrected chi connectivity index (χ2v) is 9.70. The normalized spacial score (nSPS) is 18.7. The van der Waals surface area contributed by atoms with Crippen molar-refractivity contribution in [3.63, 3.8) is 0 Å². The second-order valence-electron chi connectivity index (χ2n) is 8.71. The summed E-state index contributed by atoms with van der Waals surface area (Å²) in [5, 5.41) is 5.36. The number of rotatable bonds is 4. The van der Waals surface area contributed by atoms with Crippen LogP contribution in [0.1, 0.15) is 61.3 Å². The molecule has 1 amide bonds. The minimum absolute atomic E-state index is 0.0823. The molecule has 0 saturated carbocycles. The van der Waals surface area contributed by atoms with Crippen LogP contribution in [0.25, 0.3) is 4.96 Å². The van der Waals surface area contributed by atoms with Crippen molar-refractivity contribution in [1.29, 1.82) is 0 Å². The van der Waals surface area contributed by atoms with Crippen LogP contribution >= 0.6 is 11.3 Å². The lowest BCUT2D eigenvalue weighted by Crippen LogP contribution is -2.42. The number of likely N-dealkylation sites (tertiary alicyclic amines) is 1. The van der Waals surface area contributed by atoms with Crippen molar-refractivity contribution in [3.05, 3.63) is 57.0 Å². The molecule has 0 bridgehead atoms. The van der Waals surface area contributed by atoms with Gasteiger partial charge in [-0.15, -0.1) is 0 Å². The van der Waals surface area contributed by atoms with Gasteiger partial charge in [-0.3, -0.25) is 9.59 Å². The summed E-state index contributed by atoms with van der Waals surface area (Å²) in [6.07, 6.45) is 3.95. The van der Waals surface area contributed by atoms with Crippen molar-refractivity contribution in [2.24, 2.45) is 0 Å². The Labute approximate surface area is 185 Å². The Morgan fingerprint density at radius 2 is 2.06 bits per heavy atom. The molecule has 31 heavy (non-hydrogen) atoms. The summed E-state index contributed by atoms with van der Waals surface area (Å²) in [6, 6.07) is 9.85. The van der Waals surface area contributed by atoms with Gasteiger partial charge in [0.2, 0.25) is 10.9 Å². The van der Waals surface area contributed by atoms with E-state index in [2.05, 4.69) is 33.2 Å². The molecule has 0 N–H and O–H groups in total. The van der Waals surface area contributed by atoms with E-state index in [1.54, 1.807) is 6.07 Å². The van der Waals surface area contributed by atoms with E-state index in [0.29, 0.717) is 11.5 Å². The highest BCUT2D eigenvalue weighted by atomic mass is 32.1. The first kappa shape index (κ1) is 20.2. The van der Waals surface area contributed by atoms with Crippen LogP contribution in [0.15, 0.2) is 35.1 Å². The maximum atomic E-state index is 13.3. The number of carbonyl (C=O) groups excluding carboxylic acids is 1. The van der Waals surface area contributed by atoms with E-state index in [1.165, 1.54) is 27.1 Å². The van der Waals surface area contributed by atoms with E-state index >= 15 is 0 Å². The second kappa shape index (κ2) is 8.07. The smallest absolute Gasteiger partial charge is 0.275 e. The van der Waals surface area contributed by atoms with Crippen molar-refractivity contribution in [2.45, 2.75) is 51.5 Å². The van der Waals surface area contributed by atoms with E-state index in [1.807, 2.05) is 24.8 Å². The molecule has 2 aliphatic heterocycles. The highest BCUT2D eigenvalue weighted by Gasteiger charge is 2.34. The molecule has 8 heteroatoms. The summed E-state index contributed by atoms with van der Waals surface area (Å²) >= 11 is 1.43. The zero-order valence-corrected chi connectivity index (χ0v) is 18.8. The van der Waals surface area contributed by atoms with Crippen molar-refractivity contribution in [3.8, 4) is 0 Å². The number of anilines is 1. The standard InChI is InChI=1S/C23H27N5O2S/c1-15(2)17-13-20(29)28-23(24-17)31-22(25-28)19-10-6-12-27(19)21(30)14-26-11-5-8-16-7-3-4-9-18(16)26/h3-4,7,9,13,15,19H,5-6,8,10-12,14H2,1-2H3/t19-/m1/s1. The van der Waals surface area contributed by atoms with Gasteiger partial charge in [-0.2, -0.15) is 9.61 Å². The van der Waals surface area contributed by atoms with E-state index in [4.69, 9.17) is 0 Å². The zero-order valence-electron chi connectivity index (χ0n) is 18.0. The van der Waals surface area contributed by atoms with Gasteiger partial charge >= 0.3 is 0 Å². The van der Waals surface area contributed by atoms with Gasteiger partial charge in [0.05, 0.1) is 18.3 Å². The molecule has 7 nitrogen and oxygen atoms in total. The molecule has 3 aromatic rings. The number of nitrogens with zero attached hydrogens (tertiary/aromatic N) is 5. The molecule has 0 radical (unpaired) electrons. The average molecular weight is 438 g/mol. The van der Waals surface area contributed by atoms with Crippen LogP contribution in [0.5, 0.6) is 0 Å². The molecule has 0 spiro atoms. The summed E-state index contributed by atoms with van der Waals surface area (Å²) in [4.78, 5) is 35.2. The third kappa shape index (κ3) is 3.73. The first-order chi connectivity index (χ1) is 15.0. The lowest BCUT2D eigenvalue weighted by Gasteiger charge is -2.33. The molecule has 1 saturated heterocycles. The minimum atomic E-state index is -0.156. The first-order valence-electron chi connectivity index (χ1n) is 11.0. The fourth-order valence-electron chi connectivity index (χ4n) is 4.62. The number of para-hydroxylation sites is 1. The maximum absolute atomic E-state index is 13.3. The highest BCUT2D eigenvalue weighted by molar-refractivity contribution is 7.16. The molecule has 162 valence electrons. The molecule has 5 rings (SSSR count). The highest BCUT2D eigenvalue weighted by Crippen LogP contribution is 2.35. The van der Waals surface area contributed by atoms with Crippen LogP contribution in [0.3, 0.4) is 0 Å². The van der Waals surface area contributed by atoms with Crippen molar-refractivity contribution >= 4 is 27.9 Å². The lowest BCUT2D eigenvalue weighted by molar-refractivity contribution is -0.130. The Hall–Kier alpha value is -2.74. The van der Waals surface area contributed by atoms with Gasteiger partial charge in [0.1, 0.15) is 5.01 Å². The number of carbonyl (C=O) groups is 1. The summed E-state index contributed by atoms with van der Waals surface area (Å²) in [6.45, 7) is 6.06. The van der Waals surface area contributed by atoms with Gasteiger partial charge < -0.3 is 9.80 Å². The summed E-state index contributed by atoms with van der Waals surface area (Å²) in [5.74, 6) is 0.307. The third-order valence-corrected chi connectivity index (χ3v) is 7.27. The van der Waals surface area contributed by atoms with Crippen molar-refractivity contribution in [1.82, 2.24) is 19.5 Å². The van der Waals surface area contributed by atoms with Crippen molar-refractivity contribution in [2.75, 3.05) is 24.5 Å². The number of hydrogen-bond acceptors (Lipinski definition) is 6. The number of fused-ring (bicyclic) bond motifs is 2. The van der Waals surface area contributed by atoms with Crippen molar-refractivity contribution < 1.29 is 4.79 Å². The van der Waals surface area contributed by atoms with Crippen LogP contribution in [-0.2, 0) is 11.2 Å². The molecule has 1 atom stereocenters. The van der Waals surface area contributed by atoms with Gasteiger partial charge in [0.25, 0.3) is 5.56 Å². The Balaban J connectivity index is 1.39. The van der Waals surface area contributed by atoms with Crippen LogP contribution in [0.4, 0.5) is 5.69 Å². The van der Waals surface area contributed by atoms with E-state index in [0.717, 1.165) is 49.5 Å². The molecular formula is C23H27N5O2S. The van der Waals surface area contributed by atoms with Gasteiger partial charge in [-0.05, 0) is 43.2 Å². The fourth-order valence-corrected chi connectivity index (χ4v) is 5.68. The topological polar surface area (TPSA) is 70.8 Å². The summed E-state index contributed by atoms with van der Waals surface area (Å²) < 4.78 is 1.38. The lowest BCUT2D eigenvalue weighted by atomic mass is 10.0. The van der Waals surface area contributed by atoms with Crippen LogP contribution in [0.2, 0.25) is 0 Å².